The fourth-order valence-corrected chi connectivity index (χ4v) is 6.20. The Kier molecular flexibility index (Phi) is 12.0. The quantitative estimate of drug-likeness (QED) is 0.118. The molecule has 5 rings (SSSR count). The summed E-state index contributed by atoms with van der Waals surface area (Å²) in [5, 5.41) is 93.6. The second-order valence-electron chi connectivity index (χ2n) is 13.3. The Labute approximate surface area is 301 Å². The zero-order valence-corrected chi connectivity index (χ0v) is 28.7. The number of hydrogen-bond acceptors (Lipinski definition) is 18. The number of rotatable bonds is 12. The molecule has 3 heterocycles. The summed E-state index contributed by atoms with van der Waals surface area (Å²) in [6, 6.07) is 6.65. The summed E-state index contributed by atoms with van der Waals surface area (Å²) in [6.45, 7) is 1.74. The van der Waals surface area contributed by atoms with E-state index >= 15 is 0 Å². The molecule has 12 atom stereocenters. The number of aliphatic hydroxyl groups is 6. The van der Waals surface area contributed by atoms with Crippen molar-refractivity contribution in [3.63, 3.8) is 0 Å². The van der Waals surface area contributed by atoms with E-state index in [1.54, 1.807) is 6.07 Å². The van der Waals surface area contributed by atoms with Crippen molar-refractivity contribution in [2.75, 3.05) is 13.7 Å². The lowest BCUT2D eigenvalue weighted by molar-refractivity contribution is -0.354. The van der Waals surface area contributed by atoms with Crippen LogP contribution in [0.4, 0.5) is 0 Å². The van der Waals surface area contributed by atoms with Gasteiger partial charge in [0.05, 0.1) is 38.1 Å². The van der Waals surface area contributed by atoms with E-state index in [4.69, 9.17) is 38.3 Å². The van der Waals surface area contributed by atoms with Crippen LogP contribution in [-0.2, 0) is 28.5 Å². The van der Waals surface area contributed by atoms with Crippen LogP contribution in [0.15, 0.2) is 30.3 Å². The molecule has 9 N–H and O–H groups in total. The third kappa shape index (κ3) is 8.91. The number of aliphatic hydroxyl groups excluding tert-OH is 5. The fraction of sp³-hybridized carbons (Fsp3) is 0.559. The molecule has 0 saturated carbocycles. The highest BCUT2D eigenvalue weighted by Gasteiger charge is 2.51. The number of Topliss-reactive ketones (excluding diaryl/α,β-unsaturated/α-hetero) is 1. The third-order valence-corrected chi connectivity index (χ3v) is 9.01. The number of aromatic hydroxyl groups is 2. The molecule has 2 aromatic rings. The molecule has 0 amide bonds. The smallest absolute Gasteiger partial charge is 0.308 e. The summed E-state index contributed by atoms with van der Waals surface area (Å²) in [6.07, 6.45) is -19.4. The van der Waals surface area contributed by atoms with Gasteiger partial charge in [0, 0.05) is 12.1 Å². The van der Waals surface area contributed by atoms with Gasteiger partial charge in [0.25, 0.3) is 0 Å². The Morgan fingerprint density at radius 3 is 2.28 bits per heavy atom. The van der Waals surface area contributed by atoms with Crippen LogP contribution in [-0.4, -0.2) is 144 Å². The summed E-state index contributed by atoms with van der Waals surface area (Å²) in [5.41, 5.74) is -1.74. The molecule has 53 heavy (non-hydrogen) atoms. The first-order chi connectivity index (χ1) is 24.9. The minimum Gasteiger partial charge on any atom is -0.507 e. The largest absolute Gasteiger partial charge is 0.507 e. The van der Waals surface area contributed by atoms with Gasteiger partial charge in [-0.2, -0.15) is 0 Å². The number of methoxy groups -OCH3 is 1. The molecule has 2 fully saturated rings. The average molecular weight is 755 g/mol. The summed E-state index contributed by atoms with van der Waals surface area (Å²) < 4.78 is 39.2. The molecule has 3 aliphatic rings. The molecule has 0 spiro atoms. The lowest BCUT2D eigenvalue weighted by Crippen LogP contribution is -2.64. The number of hydrogen-bond donors (Lipinski definition) is 9. The van der Waals surface area contributed by atoms with Gasteiger partial charge in [0.2, 0.25) is 6.29 Å². The molecule has 19 nitrogen and oxygen atoms in total. The van der Waals surface area contributed by atoms with Gasteiger partial charge in [0.1, 0.15) is 72.1 Å². The van der Waals surface area contributed by atoms with Crippen LogP contribution in [0.25, 0.3) is 0 Å². The molecule has 19 heteroatoms. The van der Waals surface area contributed by atoms with Gasteiger partial charge in [-0.15, -0.1) is 0 Å². The first kappa shape index (κ1) is 39.9. The molecular formula is C34H42O19. The second-order valence-corrected chi connectivity index (χ2v) is 13.3. The van der Waals surface area contributed by atoms with E-state index in [0.717, 1.165) is 13.0 Å². The van der Waals surface area contributed by atoms with Gasteiger partial charge in [-0.25, -0.2) is 0 Å². The van der Waals surface area contributed by atoms with Gasteiger partial charge in [0.15, 0.2) is 29.7 Å². The Bertz CT molecular complexity index is 1660. The van der Waals surface area contributed by atoms with Gasteiger partial charge < -0.3 is 79.1 Å². The summed E-state index contributed by atoms with van der Waals surface area (Å²) in [4.78, 5) is 36.6. The van der Waals surface area contributed by atoms with Gasteiger partial charge >= 0.3 is 11.9 Å². The normalized spacial score (nSPS) is 32.5. The molecular weight excluding hydrogens is 712 g/mol. The number of carboxylic acid groups (broad SMARTS) is 1. The van der Waals surface area contributed by atoms with Crippen molar-refractivity contribution in [3.05, 3.63) is 41.5 Å². The molecule has 3 aliphatic heterocycles. The van der Waals surface area contributed by atoms with Crippen molar-refractivity contribution in [1.82, 2.24) is 0 Å². The molecule has 2 saturated heterocycles. The van der Waals surface area contributed by atoms with E-state index in [1.165, 1.54) is 32.2 Å². The lowest BCUT2D eigenvalue weighted by Gasteiger charge is -2.45. The number of fused-ring (bicyclic) bond motifs is 1. The van der Waals surface area contributed by atoms with Crippen molar-refractivity contribution < 1.29 is 93.5 Å². The molecule has 0 aliphatic carbocycles. The average Bonchev–Trinajstić information content (AvgIpc) is 3.07. The van der Waals surface area contributed by atoms with E-state index in [2.05, 4.69) is 0 Å². The summed E-state index contributed by atoms with van der Waals surface area (Å²) in [5.74, 6) is -3.91. The molecule has 2 aromatic carbocycles. The summed E-state index contributed by atoms with van der Waals surface area (Å²) in [7, 11) is 1.37. The van der Waals surface area contributed by atoms with Crippen LogP contribution < -0.4 is 14.2 Å². The zero-order chi connectivity index (χ0) is 38.9. The molecule has 0 aromatic heterocycles. The highest BCUT2D eigenvalue weighted by Crippen LogP contribution is 2.44. The number of carbonyl (C=O) groups is 3. The van der Waals surface area contributed by atoms with E-state index in [-0.39, 0.29) is 35.0 Å². The van der Waals surface area contributed by atoms with E-state index in [0.29, 0.717) is 5.56 Å². The van der Waals surface area contributed by atoms with Crippen LogP contribution in [0.3, 0.4) is 0 Å². The van der Waals surface area contributed by atoms with E-state index in [1.807, 2.05) is 0 Å². The molecule has 0 bridgehead atoms. The zero-order valence-electron chi connectivity index (χ0n) is 28.7. The van der Waals surface area contributed by atoms with Gasteiger partial charge in [-0.1, -0.05) is 6.07 Å². The van der Waals surface area contributed by atoms with Crippen molar-refractivity contribution in [3.8, 4) is 28.7 Å². The topological polar surface area (TPSA) is 298 Å². The fourth-order valence-electron chi connectivity index (χ4n) is 6.20. The number of phenolic OH excluding ortho intramolecular Hbond substituents is 2. The van der Waals surface area contributed by atoms with Crippen LogP contribution in [0.2, 0.25) is 0 Å². The number of aliphatic carboxylic acids is 1. The predicted molar refractivity (Wildman–Crippen MR) is 172 cm³/mol. The van der Waals surface area contributed by atoms with Crippen LogP contribution in [0.5, 0.6) is 28.7 Å². The number of carbonyl (C=O) groups excluding carboxylic acids is 2. The minimum absolute atomic E-state index is 0.138. The number of benzene rings is 2. The van der Waals surface area contributed by atoms with E-state index < -0.39 is 116 Å². The SMILES string of the molecule is COc1ccc(C2CC(=O)c3c(O)cc(O[C@@H]4O[C@H](COC(=O)CC(C)(O)CC(=O)O)[C@@H](O)[C@H](O)[C@H]4O[C@H]4O[C@H](C)[C@@H](O)[C@H](O)[C@@H]4O)cc3O2)cc1O. The number of phenols is 2. The first-order valence-electron chi connectivity index (χ1n) is 16.5. The first-order valence-corrected chi connectivity index (χ1v) is 16.5. The standard InChI is InChI=1S/C34H42O19/c1-13-26(41)28(43)30(45)32(49-13)53-31-29(44)27(42)22(12-48-24(40)11-34(2,46)10-23(38)39)52-33(31)50-15-7-17(36)25-18(37)9-20(51-21(25)8-15)14-4-5-19(47-3)16(35)6-14/h4-8,13,20,22,26-33,35-36,41-46H,9-12H2,1-3H3,(H,38,39)/t13-,20?,22-,26-,27-,28+,29+,30+,31-,32-,33-,34?/m1/s1. The van der Waals surface area contributed by atoms with Crippen molar-refractivity contribution in [2.45, 2.75) is 106 Å². The maximum atomic E-state index is 13.1. The Balaban J connectivity index is 1.40. The maximum Gasteiger partial charge on any atom is 0.308 e. The highest BCUT2D eigenvalue weighted by molar-refractivity contribution is 6.02. The molecule has 0 radical (unpaired) electrons. The van der Waals surface area contributed by atoms with Crippen LogP contribution in [0.1, 0.15) is 55.1 Å². The molecule has 2 unspecified atom stereocenters. The van der Waals surface area contributed by atoms with Crippen LogP contribution in [0, 0.1) is 0 Å². The van der Waals surface area contributed by atoms with Crippen LogP contribution >= 0.6 is 0 Å². The number of carboxylic acids is 1. The number of ketones is 1. The predicted octanol–water partition coefficient (Wildman–Crippen LogP) is -0.990. The van der Waals surface area contributed by atoms with Gasteiger partial charge in [-0.05, 0) is 31.5 Å². The Hall–Kier alpha value is -4.31. The van der Waals surface area contributed by atoms with Crippen molar-refractivity contribution in [2.24, 2.45) is 0 Å². The summed E-state index contributed by atoms with van der Waals surface area (Å²) >= 11 is 0. The third-order valence-electron chi connectivity index (χ3n) is 9.01. The Morgan fingerprint density at radius 2 is 1.62 bits per heavy atom. The number of esters is 1. The van der Waals surface area contributed by atoms with Crippen molar-refractivity contribution >= 4 is 17.7 Å². The second kappa shape index (κ2) is 16.0. The monoisotopic (exact) mass is 754 g/mol. The Morgan fingerprint density at radius 1 is 0.906 bits per heavy atom. The molecule has 292 valence electrons. The maximum absolute atomic E-state index is 13.1. The number of ether oxygens (including phenoxy) is 7. The minimum atomic E-state index is -1.97. The highest BCUT2D eigenvalue weighted by atomic mass is 16.8. The lowest BCUT2D eigenvalue weighted by atomic mass is 9.95. The van der Waals surface area contributed by atoms with E-state index in [9.17, 15) is 55.2 Å². The van der Waals surface area contributed by atoms with Crippen molar-refractivity contribution in [1.29, 1.82) is 0 Å². The van der Waals surface area contributed by atoms with Gasteiger partial charge in [-0.3, -0.25) is 14.4 Å².